The summed E-state index contributed by atoms with van der Waals surface area (Å²) in [5.41, 5.74) is 1.80. The van der Waals surface area contributed by atoms with Gasteiger partial charge in [-0.15, -0.1) is 0 Å². The maximum atomic E-state index is 12.8. The molecular weight excluding hydrogens is 383 g/mol. The van der Waals surface area contributed by atoms with Crippen molar-refractivity contribution in [1.29, 1.82) is 0 Å². The first-order chi connectivity index (χ1) is 13.6. The lowest BCUT2D eigenvalue weighted by atomic mass is 10.1. The molecule has 0 spiro atoms. The molecule has 0 radical (unpaired) electrons. The topological polar surface area (TPSA) is 94.5 Å². The zero-order valence-electron chi connectivity index (χ0n) is 15.6. The fourth-order valence-electron chi connectivity index (χ4n) is 3.08. The smallest absolute Gasteiger partial charge is 0.361 e. The SMILES string of the molecule is CO[P@@]1(=O)O[C@H](CO)[C@@H](OCc2ccccc2)[C@H](OCc2ccccc2)[C@H]1O. The van der Waals surface area contributed by atoms with Gasteiger partial charge in [0, 0.05) is 7.11 Å². The summed E-state index contributed by atoms with van der Waals surface area (Å²) < 4.78 is 35.0. The second-order valence-electron chi connectivity index (χ2n) is 6.48. The second kappa shape index (κ2) is 9.76. The van der Waals surface area contributed by atoms with Gasteiger partial charge in [-0.3, -0.25) is 9.09 Å². The van der Waals surface area contributed by atoms with Crippen LogP contribution in [0.25, 0.3) is 0 Å². The molecule has 1 saturated heterocycles. The molecule has 0 bridgehead atoms. The highest BCUT2D eigenvalue weighted by atomic mass is 31.2. The summed E-state index contributed by atoms with van der Waals surface area (Å²) in [5, 5.41) is 20.4. The van der Waals surface area contributed by atoms with Crippen LogP contribution in [0.1, 0.15) is 11.1 Å². The van der Waals surface area contributed by atoms with Gasteiger partial charge in [0.1, 0.15) is 18.3 Å². The Morgan fingerprint density at radius 3 is 1.89 bits per heavy atom. The summed E-state index contributed by atoms with van der Waals surface area (Å²) in [6.45, 7) is -0.0546. The van der Waals surface area contributed by atoms with Crippen molar-refractivity contribution in [2.75, 3.05) is 13.7 Å². The van der Waals surface area contributed by atoms with Gasteiger partial charge in [0.25, 0.3) is 0 Å². The molecule has 1 fully saturated rings. The van der Waals surface area contributed by atoms with E-state index in [1.807, 2.05) is 60.7 Å². The Bertz CT molecular complexity index is 771. The normalized spacial score (nSPS) is 30.2. The lowest BCUT2D eigenvalue weighted by Gasteiger charge is -2.42. The van der Waals surface area contributed by atoms with E-state index in [0.717, 1.165) is 11.1 Å². The molecule has 1 aliphatic heterocycles. The van der Waals surface area contributed by atoms with Crippen LogP contribution in [0, 0.1) is 0 Å². The number of aliphatic hydroxyl groups is 2. The van der Waals surface area contributed by atoms with E-state index in [9.17, 15) is 14.8 Å². The van der Waals surface area contributed by atoms with E-state index < -0.39 is 38.4 Å². The predicted molar refractivity (Wildman–Crippen MR) is 103 cm³/mol. The molecule has 8 heteroatoms. The van der Waals surface area contributed by atoms with Crippen LogP contribution in [0.4, 0.5) is 0 Å². The quantitative estimate of drug-likeness (QED) is 0.649. The summed E-state index contributed by atoms with van der Waals surface area (Å²) >= 11 is 0. The molecule has 0 unspecified atom stereocenters. The third-order valence-corrected chi connectivity index (χ3v) is 6.61. The Kier molecular flexibility index (Phi) is 7.37. The molecule has 3 rings (SSSR count). The van der Waals surface area contributed by atoms with E-state index in [0.29, 0.717) is 0 Å². The van der Waals surface area contributed by atoms with Crippen LogP contribution in [0.5, 0.6) is 0 Å². The minimum atomic E-state index is -3.88. The van der Waals surface area contributed by atoms with Crippen molar-refractivity contribution in [2.45, 2.75) is 37.4 Å². The van der Waals surface area contributed by atoms with Gasteiger partial charge in [-0.1, -0.05) is 60.7 Å². The number of hydrogen-bond acceptors (Lipinski definition) is 7. The number of ether oxygens (including phenoxy) is 2. The van der Waals surface area contributed by atoms with Crippen molar-refractivity contribution in [3.8, 4) is 0 Å². The molecule has 7 nitrogen and oxygen atoms in total. The summed E-state index contributed by atoms with van der Waals surface area (Å²) in [7, 11) is -2.69. The maximum absolute atomic E-state index is 12.8. The van der Waals surface area contributed by atoms with E-state index in [1.54, 1.807) is 0 Å². The van der Waals surface area contributed by atoms with Gasteiger partial charge in [-0.25, -0.2) is 0 Å². The molecule has 5 atom stereocenters. The molecule has 152 valence electrons. The highest BCUT2D eigenvalue weighted by Gasteiger charge is 2.53. The molecule has 1 heterocycles. The van der Waals surface area contributed by atoms with Crippen LogP contribution >= 0.6 is 7.60 Å². The third kappa shape index (κ3) is 4.88. The molecular formula is C20H25O7P. The number of aliphatic hydroxyl groups excluding tert-OH is 2. The minimum Gasteiger partial charge on any atom is -0.394 e. The van der Waals surface area contributed by atoms with Gasteiger partial charge in [-0.05, 0) is 11.1 Å². The highest BCUT2D eigenvalue weighted by Crippen LogP contribution is 2.58. The number of rotatable bonds is 8. The fourth-order valence-corrected chi connectivity index (χ4v) is 4.68. The molecule has 2 aromatic carbocycles. The van der Waals surface area contributed by atoms with Crippen LogP contribution in [0.15, 0.2) is 60.7 Å². The van der Waals surface area contributed by atoms with Crippen molar-refractivity contribution < 1.29 is 33.3 Å². The van der Waals surface area contributed by atoms with Crippen LogP contribution in [-0.2, 0) is 36.3 Å². The molecule has 0 aromatic heterocycles. The molecule has 28 heavy (non-hydrogen) atoms. The van der Waals surface area contributed by atoms with Gasteiger partial charge in [0.15, 0.2) is 5.85 Å². The minimum absolute atomic E-state index is 0.176. The summed E-state index contributed by atoms with van der Waals surface area (Å²) in [6.07, 6.45) is -2.79. The summed E-state index contributed by atoms with van der Waals surface area (Å²) in [6, 6.07) is 18.9. The first-order valence-corrected chi connectivity index (χ1v) is 10.6. The van der Waals surface area contributed by atoms with Gasteiger partial charge < -0.3 is 24.2 Å². The monoisotopic (exact) mass is 408 g/mol. The van der Waals surface area contributed by atoms with Crippen LogP contribution < -0.4 is 0 Å². The van der Waals surface area contributed by atoms with Crippen molar-refractivity contribution >= 4 is 7.60 Å². The van der Waals surface area contributed by atoms with Crippen molar-refractivity contribution in [3.05, 3.63) is 71.8 Å². The van der Waals surface area contributed by atoms with E-state index in [1.165, 1.54) is 7.11 Å². The van der Waals surface area contributed by atoms with E-state index >= 15 is 0 Å². The standard InChI is InChI=1S/C20H25O7P/c1-24-28(23)20(22)19(26-14-16-10-6-3-7-11-16)18(17(12-21)27-28)25-13-15-8-4-2-5-9-15/h2-11,17-22H,12-14H2,1H3/t17-,18-,19+,20+,28-/m1/s1. The molecule has 0 saturated carbocycles. The Morgan fingerprint density at radius 2 is 1.43 bits per heavy atom. The van der Waals surface area contributed by atoms with Crippen molar-refractivity contribution in [2.24, 2.45) is 0 Å². The Morgan fingerprint density at radius 1 is 0.929 bits per heavy atom. The molecule has 2 aromatic rings. The first-order valence-electron chi connectivity index (χ1n) is 9.01. The summed E-state index contributed by atoms with van der Waals surface area (Å²) in [5.74, 6) is -1.54. The fraction of sp³-hybridized carbons (Fsp3) is 0.400. The number of benzene rings is 2. The first kappa shape index (κ1) is 21.1. The second-order valence-corrected chi connectivity index (χ2v) is 8.67. The largest absolute Gasteiger partial charge is 0.394 e. The Hall–Kier alpha value is -1.57. The molecule has 0 aliphatic carbocycles. The van der Waals surface area contributed by atoms with Gasteiger partial charge in [-0.2, -0.15) is 0 Å². The summed E-state index contributed by atoms with van der Waals surface area (Å²) in [4.78, 5) is 0. The average Bonchev–Trinajstić information content (AvgIpc) is 2.75. The highest BCUT2D eigenvalue weighted by molar-refractivity contribution is 7.54. The van der Waals surface area contributed by atoms with E-state index in [-0.39, 0.29) is 13.2 Å². The Balaban J connectivity index is 1.79. The zero-order valence-corrected chi connectivity index (χ0v) is 16.5. The predicted octanol–water partition coefficient (Wildman–Crippen LogP) is 2.71. The van der Waals surface area contributed by atoms with Crippen molar-refractivity contribution in [1.82, 2.24) is 0 Å². The lowest BCUT2D eigenvalue weighted by molar-refractivity contribution is -0.176. The van der Waals surface area contributed by atoms with Crippen molar-refractivity contribution in [3.63, 3.8) is 0 Å². The molecule has 1 aliphatic rings. The lowest BCUT2D eigenvalue weighted by Crippen LogP contribution is -2.54. The van der Waals surface area contributed by atoms with Gasteiger partial charge in [0.2, 0.25) is 0 Å². The Labute approximate surface area is 164 Å². The number of hydrogen-bond donors (Lipinski definition) is 2. The van der Waals surface area contributed by atoms with Crippen LogP contribution in [-0.4, -0.2) is 48.1 Å². The van der Waals surface area contributed by atoms with Gasteiger partial charge in [0.05, 0.1) is 19.8 Å². The molecule has 2 N–H and O–H groups in total. The third-order valence-electron chi connectivity index (χ3n) is 4.60. The molecule has 0 amide bonds. The van der Waals surface area contributed by atoms with Crippen LogP contribution in [0.3, 0.4) is 0 Å². The van der Waals surface area contributed by atoms with E-state index in [2.05, 4.69) is 0 Å². The van der Waals surface area contributed by atoms with Crippen LogP contribution in [0.2, 0.25) is 0 Å². The van der Waals surface area contributed by atoms with Gasteiger partial charge >= 0.3 is 7.60 Å². The average molecular weight is 408 g/mol. The van der Waals surface area contributed by atoms with E-state index in [4.69, 9.17) is 18.5 Å². The zero-order chi connectivity index (χ0) is 20.0. The maximum Gasteiger partial charge on any atom is 0.361 e.